The van der Waals surface area contributed by atoms with Gasteiger partial charge in [-0.1, -0.05) is 17.8 Å². The molecule has 3 fully saturated rings. The maximum absolute atomic E-state index is 14.7. The first-order valence-electron chi connectivity index (χ1n) is 23.0. The van der Waals surface area contributed by atoms with Gasteiger partial charge in [0.25, 0.3) is 8.53 Å². The Labute approximate surface area is 394 Å². The van der Waals surface area contributed by atoms with Crippen LogP contribution in [0.15, 0.2) is 0 Å². The standard InChI is InChI=1S/C47H75N6O12P/c1-8-22-58-29-32-61-26-19-49-42(54)12-15-47(16-13-43(55)50-20-27-62-33-30-59-23-9-2,17-14-44(56)51-21-28-63-34-31-60-24-10-3)52-45(57)46-35-40(36-46)41(37-46)65-66(64-25-11-18-48)53(38(4)5)39(6)7/h1-3,38-41H,11-17,19-37H2,4-7H3,(H,49,54)(H,50,55)(H,51,56)(H,52,57)/t40?,41-,46?,66?/m0/s1. The van der Waals surface area contributed by atoms with Crippen molar-refractivity contribution in [3.8, 4) is 43.1 Å². The van der Waals surface area contributed by atoms with Crippen molar-refractivity contribution in [1.29, 1.82) is 5.26 Å². The molecule has 0 spiro atoms. The van der Waals surface area contributed by atoms with Crippen molar-refractivity contribution in [3.63, 3.8) is 0 Å². The molecule has 18 nitrogen and oxygen atoms in total. The minimum atomic E-state index is -1.52. The van der Waals surface area contributed by atoms with Crippen molar-refractivity contribution < 1.29 is 56.6 Å². The predicted molar refractivity (Wildman–Crippen MR) is 249 cm³/mol. The number of carbonyl (C=O) groups excluding carboxylic acids is 4. The second-order valence-corrected chi connectivity index (χ2v) is 18.1. The van der Waals surface area contributed by atoms with E-state index < -0.39 is 19.5 Å². The monoisotopic (exact) mass is 947 g/mol. The van der Waals surface area contributed by atoms with Crippen molar-refractivity contribution in [2.45, 2.75) is 116 Å². The van der Waals surface area contributed by atoms with Gasteiger partial charge in [0.15, 0.2) is 0 Å². The van der Waals surface area contributed by atoms with E-state index in [0.29, 0.717) is 58.9 Å². The zero-order chi connectivity index (χ0) is 48.5. The number of carbonyl (C=O) groups is 4. The van der Waals surface area contributed by atoms with Gasteiger partial charge < -0.3 is 58.7 Å². The highest BCUT2D eigenvalue weighted by atomic mass is 31.2. The van der Waals surface area contributed by atoms with Crippen molar-refractivity contribution in [2.24, 2.45) is 11.3 Å². The van der Waals surface area contributed by atoms with Gasteiger partial charge >= 0.3 is 0 Å². The lowest BCUT2D eigenvalue weighted by atomic mass is 9.68. The molecule has 3 saturated carbocycles. The quantitative estimate of drug-likeness (QED) is 0.0395. The Bertz CT molecular complexity index is 1480. The zero-order valence-electron chi connectivity index (χ0n) is 39.7. The fraction of sp³-hybridized carbons (Fsp3) is 0.766. The molecule has 0 aliphatic heterocycles. The van der Waals surface area contributed by atoms with Crippen LogP contribution in [-0.4, -0.2) is 158 Å². The Morgan fingerprint density at radius 2 is 1.06 bits per heavy atom. The van der Waals surface area contributed by atoms with Crippen LogP contribution in [0, 0.1) is 59.7 Å². The van der Waals surface area contributed by atoms with Crippen LogP contribution in [0.2, 0.25) is 0 Å². The van der Waals surface area contributed by atoms with Crippen LogP contribution < -0.4 is 21.3 Å². The fourth-order valence-electron chi connectivity index (χ4n) is 7.84. The Kier molecular flexibility index (Phi) is 30.4. The molecule has 19 heteroatoms. The maximum Gasteiger partial charge on any atom is 0.259 e. The highest BCUT2D eigenvalue weighted by Crippen LogP contribution is 2.63. The van der Waals surface area contributed by atoms with E-state index in [2.05, 4.69) is 77.5 Å². The second-order valence-electron chi connectivity index (χ2n) is 16.7. The summed E-state index contributed by atoms with van der Waals surface area (Å²) in [6.45, 7) is 12.5. The van der Waals surface area contributed by atoms with Crippen LogP contribution in [0.4, 0.5) is 0 Å². The number of nitrogens with one attached hydrogen (secondary N) is 4. The number of hydrogen-bond donors (Lipinski definition) is 4. The predicted octanol–water partition coefficient (Wildman–Crippen LogP) is 2.99. The lowest BCUT2D eigenvalue weighted by Gasteiger charge is -2.42. The third kappa shape index (κ3) is 23.2. The van der Waals surface area contributed by atoms with E-state index in [1.54, 1.807) is 0 Å². The third-order valence-corrected chi connectivity index (χ3v) is 13.2. The second kappa shape index (κ2) is 34.4. The molecule has 4 N–H and O–H groups in total. The van der Waals surface area contributed by atoms with Gasteiger partial charge in [0.2, 0.25) is 23.6 Å². The molecular weight excluding hydrogens is 872 g/mol. The number of hydrogen-bond acceptors (Lipinski definition) is 14. The molecule has 3 aliphatic carbocycles. The number of fused-ring (bicyclic) bond motifs is 1. The first-order chi connectivity index (χ1) is 31.9. The molecule has 4 amide bonds. The molecule has 0 saturated heterocycles. The van der Waals surface area contributed by atoms with Crippen molar-refractivity contribution in [1.82, 2.24) is 25.9 Å². The first-order valence-corrected chi connectivity index (χ1v) is 24.1. The van der Waals surface area contributed by atoms with Gasteiger partial charge in [-0.15, -0.1) is 19.3 Å². The normalized spacial score (nSPS) is 17.9. The topological polar surface area (TPSA) is 217 Å². The highest BCUT2D eigenvalue weighted by molar-refractivity contribution is 7.44. The molecule has 0 aromatic carbocycles. The van der Waals surface area contributed by atoms with Crippen LogP contribution in [0.25, 0.3) is 0 Å². The number of rotatable bonds is 40. The molecule has 370 valence electrons. The summed E-state index contributed by atoms with van der Waals surface area (Å²) in [6, 6.07) is 2.36. The van der Waals surface area contributed by atoms with E-state index in [4.69, 9.17) is 56.7 Å². The first kappa shape index (κ1) is 58.2. The van der Waals surface area contributed by atoms with Crippen LogP contribution >= 0.6 is 8.53 Å². The molecule has 2 atom stereocenters. The third-order valence-electron chi connectivity index (χ3n) is 11.0. The van der Waals surface area contributed by atoms with Gasteiger partial charge in [0.1, 0.15) is 19.8 Å². The Morgan fingerprint density at radius 1 is 0.652 bits per heavy atom. The average molecular weight is 947 g/mol. The van der Waals surface area contributed by atoms with Crippen LogP contribution in [-0.2, 0) is 56.6 Å². The lowest BCUT2D eigenvalue weighted by Crippen LogP contribution is -2.56. The van der Waals surface area contributed by atoms with Gasteiger partial charge in [-0.2, -0.15) is 5.26 Å². The maximum atomic E-state index is 14.7. The van der Waals surface area contributed by atoms with Gasteiger partial charge in [0, 0.05) is 56.5 Å². The summed E-state index contributed by atoms with van der Waals surface area (Å²) in [6.07, 6.45) is 17.7. The molecule has 0 heterocycles. The summed E-state index contributed by atoms with van der Waals surface area (Å²) in [7, 11) is -1.52. The summed E-state index contributed by atoms with van der Waals surface area (Å²) in [5, 5.41) is 21.1. The van der Waals surface area contributed by atoms with Gasteiger partial charge in [-0.05, 0) is 72.1 Å². The number of terminal acetylenes is 3. The minimum Gasteiger partial charge on any atom is -0.377 e. The van der Waals surface area contributed by atoms with Crippen LogP contribution in [0.1, 0.15) is 91.9 Å². The van der Waals surface area contributed by atoms with Gasteiger partial charge in [0.05, 0.1) is 90.1 Å². The molecular formula is C47H75N6O12P. The van der Waals surface area contributed by atoms with E-state index in [0.717, 1.165) is 0 Å². The van der Waals surface area contributed by atoms with E-state index in [1.807, 2.05) is 0 Å². The fourth-order valence-corrected chi connectivity index (χ4v) is 9.62. The summed E-state index contributed by atoms with van der Waals surface area (Å²) >= 11 is 0. The van der Waals surface area contributed by atoms with E-state index in [-0.39, 0.29) is 159 Å². The Hall–Kier alpha value is -3.88. The number of nitrogens with zero attached hydrogens (tertiary/aromatic N) is 2. The smallest absolute Gasteiger partial charge is 0.259 e. The van der Waals surface area contributed by atoms with E-state index in [9.17, 15) is 24.4 Å². The van der Waals surface area contributed by atoms with Crippen molar-refractivity contribution >= 4 is 32.2 Å². The molecule has 2 bridgehead atoms. The van der Waals surface area contributed by atoms with Crippen molar-refractivity contribution in [2.75, 3.05) is 106 Å². The van der Waals surface area contributed by atoms with Crippen LogP contribution in [0.3, 0.4) is 0 Å². The van der Waals surface area contributed by atoms with E-state index in [1.165, 1.54) is 0 Å². The van der Waals surface area contributed by atoms with Gasteiger partial charge in [-0.25, -0.2) is 4.67 Å². The molecule has 0 aromatic rings. The van der Waals surface area contributed by atoms with Crippen LogP contribution in [0.5, 0.6) is 0 Å². The largest absolute Gasteiger partial charge is 0.377 e. The zero-order valence-corrected chi connectivity index (χ0v) is 40.6. The van der Waals surface area contributed by atoms with Crippen molar-refractivity contribution in [3.05, 3.63) is 0 Å². The Balaban J connectivity index is 2.27. The number of ether oxygens (including phenoxy) is 6. The molecule has 0 radical (unpaired) electrons. The molecule has 66 heavy (non-hydrogen) atoms. The average Bonchev–Trinajstić information content (AvgIpc) is 3.83. The Morgan fingerprint density at radius 3 is 1.44 bits per heavy atom. The minimum absolute atomic E-state index is 0.00586. The summed E-state index contributed by atoms with van der Waals surface area (Å²) in [5.74, 6) is 6.26. The summed E-state index contributed by atoms with van der Waals surface area (Å²) in [5.41, 5.74) is -1.87. The summed E-state index contributed by atoms with van der Waals surface area (Å²) in [4.78, 5) is 54.7. The summed E-state index contributed by atoms with van der Waals surface area (Å²) < 4.78 is 47.3. The SMILES string of the molecule is C#CCOCCOCCNC(=O)CCC(CCC(=O)NCCOCCOCC#C)(CCC(=O)NCCOCCOCC#C)NC(=O)C12CC(C1)[C@@H](OP(OCCC#N)N(C(C)C)C(C)C)C2. The molecule has 1 unspecified atom stereocenters. The molecule has 0 aromatic heterocycles. The van der Waals surface area contributed by atoms with Gasteiger partial charge in [-0.3, -0.25) is 19.2 Å². The number of amides is 4. The van der Waals surface area contributed by atoms with E-state index >= 15 is 0 Å². The lowest BCUT2D eigenvalue weighted by molar-refractivity contribution is -0.138. The highest BCUT2D eigenvalue weighted by Gasteiger charge is 2.62. The molecule has 3 rings (SSSR count). The number of nitriles is 1. The molecule has 3 aliphatic rings.